The Morgan fingerprint density at radius 1 is 1.29 bits per heavy atom. The molecule has 1 aliphatic carbocycles. The Bertz CT molecular complexity index is 456. The Balaban J connectivity index is 2.04. The second kappa shape index (κ2) is 8.05. The average Bonchev–Trinajstić information content (AvgIpc) is 3.34. The summed E-state index contributed by atoms with van der Waals surface area (Å²) in [5.41, 5.74) is 2.63. The summed E-state index contributed by atoms with van der Waals surface area (Å²) in [6.07, 6.45) is 5.41. The van der Waals surface area contributed by atoms with Crippen molar-refractivity contribution in [1.29, 1.82) is 5.26 Å². The molecule has 114 valence electrons. The molecule has 1 aromatic carbocycles. The van der Waals surface area contributed by atoms with Crippen molar-refractivity contribution in [3.05, 3.63) is 29.8 Å². The van der Waals surface area contributed by atoms with Gasteiger partial charge in [0, 0.05) is 24.3 Å². The molecule has 21 heavy (non-hydrogen) atoms. The number of nitrogens with one attached hydrogen (secondary N) is 1. The fourth-order valence-corrected chi connectivity index (χ4v) is 2.79. The number of hydrogen-bond acceptors (Lipinski definition) is 3. The van der Waals surface area contributed by atoms with Crippen LogP contribution in [0.5, 0.6) is 0 Å². The molecule has 0 bridgehead atoms. The zero-order valence-corrected chi connectivity index (χ0v) is 13.3. The van der Waals surface area contributed by atoms with E-state index in [-0.39, 0.29) is 0 Å². The highest BCUT2D eigenvalue weighted by molar-refractivity contribution is 5.50. The third-order valence-corrected chi connectivity index (χ3v) is 4.13. The van der Waals surface area contributed by atoms with Crippen LogP contribution >= 0.6 is 0 Å². The molecule has 0 radical (unpaired) electrons. The van der Waals surface area contributed by atoms with Crippen LogP contribution in [0, 0.1) is 11.3 Å². The maximum absolute atomic E-state index is 8.81. The van der Waals surface area contributed by atoms with Gasteiger partial charge in [0.1, 0.15) is 0 Å². The van der Waals surface area contributed by atoms with E-state index in [0.717, 1.165) is 25.9 Å². The molecule has 1 saturated carbocycles. The molecule has 0 heterocycles. The second-order valence-electron chi connectivity index (χ2n) is 5.84. The molecular formula is C18H27N3. The van der Waals surface area contributed by atoms with E-state index in [9.17, 15) is 0 Å². The third-order valence-electron chi connectivity index (χ3n) is 4.13. The van der Waals surface area contributed by atoms with Crippen LogP contribution in [0.2, 0.25) is 0 Å². The largest absolute Gasteiger partial charge is 0.368 e. The Kier molecular flexibility index (Phi) is 6.07. The van der Waals surface area contributed by atoms with Crippen molar-refractivity contribution in [3.63, 3.8) is 0 Å². The quantitative estimate of drug-likeness (QED) is 0.745. The Morgan fingerprint density at radius 2 is 2.00 bits per heavy atom. The highest BCUT2D eigenvalue weighted by Crippen LogP contribution is 2.32. The molecule has 1 N–H and O–H groups in total. The van der Waals surface area contributed by atoms with Crippen molar-refractivity contribution >= 4 is 5.69 Å². The van der Waals surface area contributed by atoms with Gasteiger partial charge in [0.2, 0.25) is 0 Å². The summed E-state index contributed by atoms with van der Waals surface area (Å²) in [6.45, 7) is 6.35. The predicted octanol–water partition coefficient (Wildman–Crippen LogP) is 4.02. The van der Waals surface area contributed by atoms with Crippen LogP contribution in [0.1, 0.15) is 57.6 Å². The minimum absolute atomic E-state index is 0.451. The lowest BCUT2D eigenvalue weighted by atomic mass is 10.0. The first-order valence-electron chi connectivity index (χ1n) is 8.27. The van der Waals surface area contributed by atoms with E-state index in [1.165, 1.54) is 24.1 Å². The zero-order valence-electron chi connectivity index (χ0n) is 13.3. The summed E-state index contributed by atoms with van der Waals surface area (Å²) in [6, 6.07) is 12.3. The van der Waals surface area contributed by atoms with Crippen LogP contribution in [0.15, 0.2) is 24.3 Å². The van der Waals surface area contributed by atoms with Crippen LogP contribution in [-0.4, -0.2) is 19.1 Å². The maximum atomic E-state index is 8.81. The van der Waals surface area contributed by atoms with Gasteiger partial charge < -0.3 is 10.2 Å². The lowest BCUT2D eigenvalue weighted by Gasteiger charge is -2.24. The first-order valence-corrected chi connectivity index (χ1v) is 8.27. The molecule has 1 unspecified atom stereocenters. The summed E-state index contributed by atoms with van der Waals surface area (Å²) in [5.74, 6) is 0. The van der Waals surface area contributed by atoms with Crippen molar-refractivity contribution in [1.82, 2.24) is 5.32 Å². The molecular weight excluding hydrogens is 258 g/mol. The number of anilines is 1. The van der Waals surface area contributed by atoms with Crippen LogP contribution in [0.3, 0.4) is 0 Å². The molecule has 1 atom stereocenters. The van der Waals surface area contributed by atoms with Crippen molar-refractivity contribution in [2.45, 2.75) is 58.0 Å². The van der Waals surface area contributed by atoms with Gasteiger partial charge in [0.05, 0.1) is 12.5 Å². The van der Waals surface area contributed by atoms with Crippen LogP contribution in [0.25, 0.3) is 0 Å². The summed E-state index contributed by atoms with van der Waals surface area (Å²) < 4.78 is 0. The van der Waals surface area contributed by atoms with Gasteiger partial charge in [-0.3, -0.25) is 0 Å². The Labute approximate surface area is 129 Å². The van der Waals surface area contributed by atoms with Gasteiger partial charge in [0.25, 0.3) is 0 Å². The lowest BCUT2D eigenvalue weighted by Crippen LogP contribution is -2.26. The van der Waals surface area contributed by atoms with E-state index in [0.29, 0.717) is 18.5 Å². The predicted molar refractivity (Wildman–Crippen MR) is 88.4 cm³/mol. The molecule has 0 aliphatic heterocycles. The summed E-state index contributed by atoms with van der Waals surface area (Å²) in [7, 11) is 0. The SMILES string of the molecule is CCCNC(CC)c1ccc(N(CCC#N)C2CC2)cc1. The van der Waals surface area contributed by atoms with E-state index in [4.69, 9.17) is 5.26 Å². The molecule has 1 aliphatic rings. The van der Waals surface area contributed by atoms with Crippen LogP contribution < -0.4 is 10.2 Å². The van der Waals surface area contributed by atoms with Gasteiger partial charge in [-0.05, 0) is 49.9 Å². The van der Waals surface area contributed by atoms with E-state index in [2.05, 4.69) is 54.4 Å². The van der Waals surface area contributed by atoms with Gasteiger partial charge >= 0.3 is 0 Å². The van der Waals surface area contributed by atoms with E-state index >= 15 is 0 Å². The van der Waals surface area contributed by atoms with Crippen molar-refractivity contribution in [3.8, 4) is 6.07 Å². The first kappa shape index (κ1) is 15.9. The van der Waals surface area contributed by atoms with Crippen molar-refractivity contribution < 1.29 is 0 Å². The van der Waals surface area contributed by atoms with Gasteiger partial charge in [0.15, 0.2) is 0 Å². The summed E-state index contributed by atoms with van der Waals surface area (Å²) in [5, 5.41) is 12.4. The molecule has 2 rings (SSSR count). The van der Waals surface area contributed by atoms with Gasteiger partial charge in [-0.2, -0.15) is 5.26 Å². The Hall–Kier alpha value is -1.53. The number of nitriles is 1. The van der Waals surface area contributed by atoms with E-state index in [1.54, 1.807) is 0 Å². The fourth-order valence-electron chi connectivity index (χ4n) is 2.79. The zero-order chi connectivity index (χ0) is 15.1. The molecule has 0 spiro atoms. The van der Waals surface area contributed by atoms with Crippen LogP contribution in [-0.2, 0) is 0 Å². The third kappa shape index (κ3) is 4.47. The van der Waals surface area contributed by atoms with Crippen molar-refractivity contribution in [2.75, 3.05) is 18.0 Å². The summed E-state index contributed by atoms with van der Waals surface area (Å²) >= 11 is 0. The standard InChI is InChI=1S/C18H27N3/c1-3-13-20-18(4-2)15-6-8-16(9-7-15)21(14-5-12-19)17-10-11-17/h6-9,17-18,20H,3-5,10-11,13-14H2,1-2H3. The normalized spacial score (nSPS) is 15.5. The number of nitrogens with zero attached hydrogens (tertiary/aromatic N) is 2. The number of benzene rings is 1. The molecule has 0 amide bonds. The number of rotatable bonds is 9. The monoisotopic (exact) mass is 285 g/mol. The Morgan fingerprint density at radius 3 is 2.52 bits per heavy atom. The van der Waals surface area contributed by atoms with Gasteiger partial charge in [-0.15, -0.1) is 0 Å². The van der Waals surface area contributed by atoms with Crippen molar-refractivity contribution in [2.24, 2.45) is 0 Å². The molecule has 3 heteroatoms. The molecule has 0 aromatic heterocycles. The molecule has 1 fully saturated rings. The second-order valence-corrected chi connectivity index (χ2v) is 5.84. The average molecular weight is 285 g/mol. The number of hydrogen-bond donors (Lipinski definition) is 1. The maximum Gasteiger partial charge on any atom is 0.0640 e. The van der Waals surface area contributed by atoms with Crippen LogP contribution in [0.4, 0.5) is 5.69 Å². The van der Waals surface area contributed by atoms with Gasteiger partial charge in [-0.25, -0.2) is 0 Å². The molecule has 0 saturated heterocycles. The minimum Gasteiger partial charge on any atom is -0.368 e. The summed E-state index contributed by atoms with van der Waals surface area (Å²) in [4.78, 5) is 2.40. The fraction of sp³-hybridized carbons (Fsp3) is 0.611. The first-order chi connectivity index (χ1) is 10.3. The highest BCUT2D eigenvalue weighted by atomic mass is 15.2. The lowest BCUT2D eigenvalue weighted by molar-refractivity contribution is 0.518. The molecule has 3 nitrogen and oxygen atoms in total. The van der Waals surface area contributed by atoms with E-state index in [1.807, 2.05) is 0 Å². The van der Waals surface area contributed by atoms with Gasteiger partial charge in [-0.1, -0.05) is 26.0 Å². The van der Waals surface area contributed by atoms with E-state index < -0.39 is 0 Å². The highest BCUT2D eigenvalue weighted by Gasteiger charge is 2.28. The smallest absolute Gasteiger partial charge is 0.0640 e. The minimum atomic E-state index is 0.451. The molecule has 1 aromatic rings. The topological polar surface area (TPSA) is 39.1 Å².